The van der Waals surface area contributed by atoms with E-state index in [0.29, 0.717) is 6.04 Å². The minimum absolute atomic E-state index is 0.555. The average molecular weight is 220 g/mol. The normalized spacial score (nSPS) is 13.0. The predicted octanol–water partition coefficient (Wildman–Crippen LogP) is 3.04. The SMILES string of the molecule is CCC(CC)CC(Cc1ccccn1)NC. The highest BCUT2D eigenvalue weighted by atomic mass is 14.9. The number of likely N-dealkylation sites (N-methyl/N-ethyl adjacent to an activating group) is 1. The van der Waals surface area contributed by atoms with Gasteiger partial charge in [-0.2, -0.15) is 0 Å². The fourth-order valence-corrected chi connectivity index (χ4v) is 2.10. The number of hydrogen-bond acceptors (Lipinski definition) is 2. The zero-order chi connectivity index (χ0) is 11.8. The zero-order valence-corrected chi connectivity index (χ0v) is 10.7. The molecule has 0 radical (unpaired) electrons. The largest absolute Gasteiger partial charge is 0.317 e. The van der Waals surface area contributed by atoms with E-state index in [1.54, 1.807) is 0 Å². The Hall–Kier alpha value is -0.890. The Kier molecular flexibility index (Phi) is 6.09. The molecule has 0 bridgehead atoms. The van der Waals surface area contributed by atoms with Gasteiger partial charge in [-0.3, -0.25) is 4.98 Å². The van der Waals surface area contributed by atoms with E-state index in [1.165, 1.54) is 25.0 Å². The predicted molar refractivity (Wildman–Crippen MR) is 69.5 cm³/mol. The summed E-state index contributed by atoms with van der Waals surface area (Å²) in [6, 6.07) is 6.70. The van der Waals surface area contributed by atoms with Crippen molar-refractivity contribution in [3.63, 3.8) is 0 Å². The van der Waals surface area contributed by atoms with Crippen LogP contribution in [0.3, 0.4) is 0 Å². The van der Waals surface area contributed by atoms with Gasteiger partial charge in [-0.05, 0) is 31.5 Å². The summed E-state index contributed by atoms with van der Waals surface area (Å²) in [7, 11) is 2.05. The lowest BCUT2D eigenvalue weighted by Gasteiger charge is -2.21. The van der Waals surface area contributed by atoms with Gasteiger partial charge in [0, 0.05) is 24.4 Å². The highest BCUT2D eigenvalue weighted by Gasteiger charge is 2.13. The van der Waals surface area contributed by atoms with Gasteiger partial charge < -0.3 is 5.32 Å². The molecule has 90 valence electrons. The Morgan fingerprint density at radius 2 is 2.00 bits per heavy atom. The standard InChI is InChI=1S/C14H24N2/c1-4-12(5-2)10-14(15-3)11-13-8-6-7-9-16-13/h6-9,12,14-15H,4-5,10-11H2,1-3H3. The van der Waals surface area contributed by atoms with E-state index < -0.39 is 0 Å². The van der Waals surface area contributed by atoms with Crippen molar-refractivity contribution in [2.75, 3.05) is 7.05 Å². The molecule has 0 saturated heterocycles. The van der Waals surface area contributed by atoms with Crippen molar-refractivity contribution in [2.24, 2.45) is 5.92 Å². The molecule has 0 saturated carbocycles. The number of rotatable bonds is 7. The van der Waals surface area contributed by atoms with Crippen LogP contribution in [-0.4, -0.2) is 18.1 Å². The highest BCUT2D eigenvalue weighted by Crippen LogP contribution is 2.16. The van der Waals surface area contributed by atoms with Crippen molar-refractivity contribution >= 4 is 0 Å². The molecule has 16 heavy (non-hydrogen) atoms. The van der Waals surface area contributed by atoms with Gasteiger partial charge in [0.2, 0.25) is 0 Å². The molecule has 0 fully saturated rings. The fourth-order valence-electron chi connectivity index (χ4n) is 2.10. The van der Waals surface area contributed by atoms with Crippen molar-refractivity contribution < 1.29 is 0 Å². The number of aromatic nitrogens is 1. The number of hydrogen-bond donors (Lipinski definition) is 1. The molecule has 2 nitrogen and oxygen atoms in total. The number of pyridine rings is 1. The summed E-state index contributed by atoms with van der Waals surface area (Å²) < 4.78 is 0. The van der Waals surface area contributed by atoms with Gasteiger partial charge in [-0.1, -0.05) is 32.8 Å². The van der Waals surface area contributed by atoms with Crippen molar-refractivity contribution in [3.8, 4) is 0 Å². The first-order valence-electron chi connectivity index (χ1n) is 6.37. The third kappa shape index (κ3) is 4.31. The Balaban J connectivity index is 2.49. The molecule has 1 rings (SSSR count). The Morgan fingerprint density at radius 1 is 1.25 bits per heavy atom. The van der Waals surface area contributed by atoms with E-state index in [1.807, 2.05) is 12.3 Å². The average Bonchev–Trinajstić information content (AvgIpc) is 2.35. The first-order valence-corrected chi connectivity index (χ1v) is 6.37. The monoisotopic (exact) mass is 220 g/mol. The van der Waals surface area contributed by atoms with Gasteiger partial charge in [0.25, 0.3) is 0 Å². The van der Waals surface area contributed by atoms with Crippen molar-refractivity contribution in [1.82, 2.24) is 10.3 Å². The molecule has 0 spiro atoms. The molecule has 0 aliphatic rings. The molecule has 1 N–H and O–H groups in total. The quantitative estimate of drug-likeness (QED) is 0.764. The van der Waals surface area contributed by atoms with Crippen LogP contribution >= 0.6 is 0 Å². The lowest BCUT2D eigenvalue weighted by Crippen LogP contribution is -2.30. The molecule has 0 amide bonds. The molecule has 1 unspecified atom stereocenters. The van der Waals surface area contributed by atoms with Crippen molar-refractivity contribution in [1.29, 1.82) is 0 Å². The third-order valence-electron chi connectivity index (χ3n) is 3.36. The minimum Gasteiger partial charge on any atom is -0.317 e. The van der Waals surface area contributed by atoms with Crippen LogP contribution in [-0.2, 0) is 6.42 Å². The van der Waals surface area contributed by atoms with Crippen molar-refractivity contribution in [3.05, 3.63) is 30.1 Å². The molecule has 0 aromatic carbocycles. The maximum Gasteiger partial charge on any atom is 0.0419 e. The molecule has 1 atom stereocenters. The summed E-state index contributed by atoms with van der Waals surface area (Å²) in [6.45, 7) is 4.56. The lowest BCUT2D eigenvalue weighted by molar-refractivity contribution is 0.376. The van der Waals surface area contributed by atoms with Crippen LogP contribution in [0.1, 0.15) is 38.8 Å². The Bertz CT molecular complexity index is 267. The third-order valence-corrected chi connectivity index (χ3v) is 3.36. The topological polar surface area (TPSA) is 24.9 Å². The lowest BCUT2D eigenvalue weighted by atomic mass is 9.92. The van der Waals surface area contributed by atoms with Crippen LogP contribution in [0.15, 0.2) is 24.4 Å². The molecule has 1 aromatic rings. The number of nitrogens with one attached hydrogen (secondary N) is 1. The maximum atomic E-state index is 4.39. The zero-order valence-electron chi connectivity index (χ0n) is 10.7. The second-order valence-corrected chi connectivity index (χ2v) is 4.43. The summed E-state index contributed by atoms with van der Waals surface area (Å²) in [5, 5.41) is 3.41. The minimum atomic E-state index is 0.555. The second-order valence-electron chi connectivity index (χ2n) is 4.43. The van der Waals surface area contributed by atoms with E-state index in [-0.39, 0.29) is 0 Å². The summed E-state index contributed by atoms with van der Waals surface area (Å²) in [5.41, 5.74) is 1.19. The van der Waals surface area contributed by atoms with Gasteiger partial charge in [-0.25, -0.2) is 0 Å². The fraction of sp³-hybridized carbons (Fsp3) is 0.643. The van der Waals surface area contributed by atoms with Gasteiger partial charge in [-0.15, -0.1) is 0 Å². The molecule has 0 aliphatic heterocycles. The second kappa shape index (κ2) is 7.39. The first kappa shape index (κ1) is 13.2. The van der Waals surface area contributed by atoms with Gasteiger partial charge in [0.15, 0.2) is 0 Å². The van der Waals surface area contributed by atoms with E-state index in [0.717, 1.165) is 12.3 Å². The van der Waals surface area contributed by atoms with Crippen LogP contribution in [0, 0.1) is 5.92 Å². The van der Waals surface area contributed by atoms with Gasteiger partial charge in [0.05, 0.1) is 0 Å². The van der Waals surface area contributed by atoms with E-state index in [2.05, 4.69) is 43.3 Å². The maximum absolute atomic E-state index is 4.39. The molecular formula is C14H24N2. The van der Waals surface area contributed by atoms with Crippen LogP contribution in [0.5, 0.6) is 0 Å². The van der Waals surface area contributed by atoms with E-state index in [9.17, 15) is 0 Å². The van der Waals surface area contributed by atoms with Crippen LogP contribution in [0.25, 0.3) is 0 Å². The summed E-state index contributed by atoms with van der Waals surface area (Å²) in [4.78, 5) is 4.39. The van der Waals surface area contributed by atoms with Gasteiger partial charge >= 0.3 is 0 Å². The van der Waals surface area contributed by atoms with E-state index >= 15 is 0 Å². The highest BCUT2D eigenvalue weighted by molar-refractivity contribution is 5.05. The van der Waals surface area contributed by atoms with Crippen LogP contribution < -0.4 is 5.32 Å². The summed E-state index contributed by atoms with van der Waals surface area (Å²) >= 11 is 0. The molecule has 0 aliphatic carbocycles. The molecule has 1 heterocycles. The number of nitrogens with zero attached hydrogens (tertiary/aromatic N) is 1. The van der Waals surface area contributed by atoms with Gasteiger partial charge in [0.1, 0.15) is 0 Å². The Morgan fingerprint density at radius 3 is 2.50 bits per heavy atom. The smallest absolute Gasteiger partial charge is 0.0419 e. The summed E-state index contributed by atoms with van der Waals surface area (Å²) in [6.07, 6.45) is 6.71. The molecular weight excluding hydrogens is 196 g/mol. The molecule has 1 aromatic heterocycles. The van der Waals surface area contributed by atoms with E-state index in [4.69, 9.17) is 0 Å². The molecule has 2 heteroatoms. The summed E-state index contributed by atoms with van der Waals surface area (Å²) in [5.74, 6) is 0.834. The van der Waals surface area contributed by atoms with Crippen LogP contribution in [0.2, 0.25) is 0 Å². The van der Waals surface area contributed by atoms with Crippen molar-refractivity contribution in [2.45, 2.75) is 45.6 Å². The first-order chi connectivity index (χ1) is 7.80. The van der Waals surface area contributed by atoms with Crippen LogP contribution in [0.4, 0.5) is 0 Å². The Labute approximate surface area is 99.5 Å².